The smallest absolute Gasteiger partial charge is 0.309 e. The molecule has 2 saturated heterocycles. The molecule has 29 atom stereocenters. The van der Waals surface area contributed by atoms with Gasteiger partial charge in [-0.2, -0.15) is 0 Å². The van der Waals surface area contributed by atoms with Crippen LogP contribution < -0.4 is 0 Å². The number of rotatable bonds is 1. The molecule has 0 aromatic carbocycles. The molecule has 0 spiro atoms. The Morgan fingerprint density at radius 3 is 2.19 bits per heavy atom. The van der Waals surface area contributed by atoms with Crippen molar-refractivity contribution in [1.82, 2.24) is 0 Å². The largest absolute Gasteiger partial charge is 0.481 e. The molecule has 10 heteroatoms. The normalized spacial score (nSPS) is 66.5. The maximum Gasteiger partial charge on any atom is 0.309 e. The third-order valence-electron chi connectivity index (χ3n) is 21.3. The fourth-order valence-electron chi connectivity index (χ4n) is 21.0. The first-order valence-electron chi connectivity index (χ1n) is 22.2. The predicted octanol–water partition coefficient (Wildman–Crippen LogP) is 3.05. The van der Waals surface area contributed by atoms with Crippen molar-refractivity contribution in [2.24, 2.45) is 142 Å². The lowest BCUT2D eigenvalue weighted by molar-refractivity contribution is -0.339. The molecule has 0 aromatic heterocycles. The summed E-state index contributed by atoms with van der Waals surface area (Å²) < 4.78 is 14.1. The summed E-state index contributed by atoms with van der Waals surface area (Å²) in [7, 11) is 0. The van der Waals surface area contributed by atoms with E-state index in [1.54, 1.807) is 0 Å². The highest BCUT2D eigenvalue weighted by molar-refractivity contribution is 5.91. The first kappa shape index (κ1) is 31.9. The topological polar surface area (TPSA) is 164 Å². The van der Waals surface area contributed by atoms with Crippen molar-refractivity contribution in [3.05, 3.63) is 0 Å². The number of fused-ring (bicyclic) bond motifs is 5. The van der Waals surface area contributed by atoms with Gasteiger partial charge in [-0.25, -0.2) is 0 Å². The highest BCUT2D eigenvalue weighted by Crippen LogP contribution is 2.79. The Morgan fingerprint density at radius 1 is 0.556 bits per heavy atom. The second kappa shape index (κ2) is 10.1. The van der Waals surface area contributed by atoms with Crippen LogP contribution in [0.1, 0.15) is 64.2 Å². The molecule has 2 aliphatic heterocycles. The highest BCUT2D eigenvalue weighted by atomic mass is 16.6. The molecule has 29 unspecified atom stereocenters. The van der Waals surface area contributed by atoms with Gasteiger partial charge in [-0.3, -0.25) is 24.0 Å². The van der Waals surface area contributed by atoms with Crippen LogP contribution in [0.4, 0.5) is 0 Å². The van der Waals surface area contributed by atoms with Crippen molar-refractivity contribution in [2.45, 2.75) is 94.7 Å². The zero-order valence-electron chi connectivity index (χ0n) is 30.5. The molecule has 0 aromatic rings. The number of aliphatic hydroxyl groups excluding tert-OH is 2. The number of aliphatic carboxylic acids is 1. The summed E-state index contributed by atoms with van der Waals surface area (Å²) in [5.74, 6) is -2.62. The van der Waals surface area contributed by atoms with E-state index in [2.05, 4.69) is 0 Å². The van der Waals surface area contributed by atoms with Crippen molar-refractivity contribution < 1.29 is 48.8 Å². The van der Waals surface area contributed by atoms with E-state index in [1.165, 1.54) is 0 Å². The van der Waals surface area contributed by atoms with Gasteiger partial charge >= 0.3 is 11.9 Å². The minimum Gasteiger partial charge on any atom is -0.481 e. The molecule has 0 amide bonds. The highest BCUT2D eigenvalue weighted by Gasteiger charge is 2.82. The van der Waals surface area contributed by atoms with Gasteiger partial charge < -0.3 is 24.8 Å². The van der Waals surface area contributed by atoms with Crippen LogP contribution in [0.5, 0.6) is 0 Å². The van der Waals surface area contributed by atoms with E-state index in [4.69, 9.17) is 9.47 Å². The van der Waals surface area contributed by atoms with E-state index < -0.39 is 48.1 Å². The van der Waals surface area contributed by atoms with Crippen LogP contribution >= 0.6 is 0 Å². The lowest BCUT2D eigenvalue weighted by Gasteiger charge is -2.76. The molecular weight excluding hydrogens is 688 g/mol. The molecule has 0 bridgehead atoms. The van der Waals surface area contributed by atoms with Crippen molar-refractivity contribution in [3.8, 4) is 0 Å². The maximum absolute atomic E-state index is 15.1. The molecule has 3 N–H and O–H groups in total. The molecular formula is C44H52O10. The monoisotopic (exact) mass is 740 g/mol. The summed E-state index contributed by atoms with van der Waals surface area (Å²) >= 11 is 0. The number of carbonyl (C=O) groups is 5. The van der Waals surface area contributed by atoms with E-state index in [9.17, 15) is 34.5 Å². The SMILES string of the molecule is O=C1CC2CCC(O)C3C(=O)C4C5OC(=O)C6C7C8CC9CCC(=O)C9C9CC(O)C%10CCC%11C(C(=O)O)C%12OC%13CC1C(C23)C4C%13C(C56)C%12C7C%11C%10C98. The summed E-state index contributed by atoms with van der Waals surface area (Å²) in [6, 6.07) is 0. The minimum absolute atomic E-state index is 0.0201. The Labute approximate surface area is 314 Å². The third kappa shape index (κ3) is 3.33. The Morgan fingerprint density at radius 2 is 1.35 bits per heavy atom. The number of carboxylic acids is 1. The molecule has 12 saturated carbocycles. The quantitative estimate of drug-likeness (QED) is 0.341. The number of carbonyl (C=O) groups excluding carboxylic acids is 4. The van der Waals surface area contributed by atoms with E-state index in [0.717, 1.165) is 32.1 Å². The Kier molecular flexibility index (Phi) is 5.95. The first-order chi connectivity index (χ1) is 26.1. The van der Waals surface area contributed by atoms with E-state index in [1.807, 2.05) is 0 Å². The van der Waals surface area contributed by atoms with E-state index in [-0.39, 0.29) is 148 Å². The van der Waals surface area contributed by atoms with Crippen LogP contribution in [0.25, 0.3) is 0 Å². The Bertz CT molecular complexity index is 1830. The number of aliphatic hydroxyl groups is 2. The lowest BCUT2D eigenvalue weighted by Crippen LogP contribution is -2.78. The first-order valence-corrected chi connectivity index (χ1v) is 22.2. The van der Waals surface area contributed by atoms with Crippen LogP contribution in [0, 0.1) is 142 Å². The molecule has 54 heavy (non-hydrogen) atoms. The average molecular weight is 741 g/mol. The Balaban J connectivity index is 0.993. The number of hydrogen-bond acceptors (Lipinski definition) is 9. The van der Waals surface area contributed by atoms with Gasteiger partial charge in [0.05, 0.1) is 42.2 Å². The standard InChI is InChI=1S/C44H52O10/c45-18-5-1-11-7-16-25-17(23(11)18)9-21(48)13-3-4-14-27(26(13)25)33-29(16)38-37-35-32-22(53-41(36(33)35)30(14)43(50)51)10-15-20(47)8-12-2-6-19(46)31-24(12)28(15)34(32)39(40(31)49)42(37)54-44(38)52/h11-17,19,21-39,41-42,46,48H,1-10H2,(H,50,51). The molecule has 288 valence electrons. The average Bonchev–Trinajstić information content (AvgIpc) is 3.70. The number of ketones is 3. The molecule has 12 aliphatic carbocycles. The van der Waals surface area contributed by atoms with Crippen LogP contribution in [0.3, 0.4) is 0 Å². The number of ether oxygens (including phenoxy) is 2. The van der Waals surface area contributed by atoms with Crippen LogP contribution in [-0.2, 0) is 33.4 Å². The summed E-state index contributed by atoms with van der Waals surface area (Å²) in [4.78, 5) is 71.7. The van der Waals surface area contributed by atoms with Gasteiger partial charge in [0.1, 0.15) is 23.5 Å². The third-order valence-corrected chi connectivity index (χ3v) is 21.3. The fourth-order valence-corrected chi connectivity index (χ4v) is 21.0. The maximum atomic E-state index is 15.1. The molecule has 2 heterocycles. The van der Waals surface area contributed by atoms with Gasteiger partial charge in [-0.15, -0.1) is 0 Å². The summed E-state index contributed by atoms with van der Waals surface area (Å²) in [6.07, 6.45) is 4.02. The summed E-state index contributed by atoms with van der Waals surface area (Å²) in [5, 5.41) is 34.8. The summed E-state index contributed by atoms with van der Waals surface area (Å²) in [5.41, 5.74) is 0. The van der Waals surface area contributed by atoms with Gasteiger partial charge in [0.15, 0.2) is 0 Å². The van der Waals surface area contributed by atoms with Crippen LogP contribution in [-0.4, -0.2) is 75.1 Å². The van der Waals surface area contributed by atoms with Gasteiger partial charge in [-0.1, -0.05) is 0 Å². The minimum atomic E-state index is -0.815. The number of carboxylic acid groups (broad SMARTS) is 1. The lowest BCUT2D eigenvalue weighted by atomic mass is 9.29. The van der Waals surface area contributed by atoms with Crippen molar-refractivity contribution in [1.29, 1.82) is 0 Å². The number of Topliss-reactive ketones (excluding diaryl/α,β-unsaturated/α-hetero) is 3. The van der Waals surface area contributed by atoms with Crippen LogP contribution in [0.2, 0.25) is 0 Å². The predicted molar refractivity (Wildman–Crippen MR) is 183 cm³/mol. The molecule has 14 rings (SSSR count). The molecule has 10 nitrogen and oxygen atoms in total. The second-order valence-electron chi connectivity index (χ2n) is 21.8. The van der Waals surface area contributed by atoms with E-state index >= 15 is 4.79 Å². The van der Waals surface area contributed by atoms with E-state index in [0.29, 0.717) is 37.9 Å². The molecule has 0 radical (unpaired) electrons. The van der Waals surface area contributed by atoms with Crippen molar-refractivity contribution >= 4 is 29.3 Å². The number of esters is 1. The van der Waals surface area contributed by atoms with Gasteiger partial charge in [-0.05, 0) is 152 Å². The molecule has 14 fully saturated rings. The summed E-state index contributed by atoms with van der Waals surface area (Å²) in [6.45, 7) is 0. The zero-order valence-corrected chi connectivity index (χ0v) is 30.5. The fraction of sp³-hybridized carbons (Fsp3) is 0.886. The number of hydrogen-bond donors (Lipinski definition) is 3. The van der Waals surface area contributed by atoms with Gasteiger partial charge in [0, 0.05) is 36.5 Å². The van der Waals surface area contributed by atoms with Gasteiger partial charge in [0.25, 0.3) is 0 Å². The molecule has 14 aliphatic rings. The second-order valence-corrected chi connectivity index (χ2v) is 21.8. The van der Waals surface area contributed by atoms with Crippen molar-refractivity contribution in [2.75, 3.05) is 0 Å². The van der Waals surface area contributed by atoms with Gasteiger partial charge in [0.2, 0.25) is 0 Å². The Hall–Kier alpha value is -2.17. The van der Waals surface area contributed by atoms with Crippen molar-refractivity contribution in [3.63, 3.8) is 0 Å². The zero-order chi connectivity index (χ0) is 36.1. The van der Waals surface area contributed by atoms with Crippen LogP contribution in [0.15, 0.2) is 0 Å².